The fraction of sp³-hybridized carbons (Fsp3) is 0.111. The molecule has 0 unspecified atom stereocenters. The average molecular weight is 337 g/mol. The lowest BCUT2D eigenvalue weighted by Gasteiger charge is -2.07. The molecule has 0 aliphatic heterocycles. The van der Waals surface area contributed by atoms with Crippen molar-refractivity contribution in [3.63, 3.8) is 0 Å². The summed E-state index contributed by atoms with van der Waals surface area (Å²) >= 11 is 1.54. The van der Waals surface area contributed by atoms with Gasteiger partial charge >= 0.3 is 0 Å². The number of imidazole rings is 1. The largest absolute Gasteiger partial charge is 0.493 e. The Morgan fingerprint density at radius 2 is 1.71 bits per heavy atom. The van der Waals surface area contributed by atoms with Gasteiger partial charge < -0.3 is 9.47 Å². The summed E-state index contributed by atoms with van der Waals surface area (Å²) in [6.45, 7) is 0. The normalized spacial score (nSPS) is 10.9. The van der Waals surface area contributed by atoms with Gasteiger partial charge in [-0.1, -0.05) is 41.7 Å². The van der Waals surface area contributed by atoms with Gasteiger partial charge in [-0.3, -0.25) is 0 Å². The number of nitrogens with zero attached hydrogens (tertiary/aromatic N) is 3. The van der Waals surface area contributed by atoms with Gasteiger partial charge in [-0.05, 0) is 18.2 Å². The van der Waals surface area contributed by atoms with Crippen LogP contribution in [0.3, 0.4) is 0 Å². The molecule has 0 aliphatic carbocycles. The zero-order chi connectivity index (χ0) is 16.5. The summed E-state index contributed by atoms with van der Waals surface area (Å²) in [7, 11) is 3.25. The average Bonchev–Trinajstić information content (AvgIpc) is 3.21. The summed E-state index contributed by atoms with van der Waals surface area (Å²) in [5.74, 6) is 1.39. The predicted molar refractivity (Wildman–Crippen MR) is 94.8 cm³/mol. The molecule has 2 aromatic heterocycles. The molecule has 2 heterocycles. The highest BCUT2D eigenvalue weighted by molar-refractivity contribution is 7.19. The summed E-state index contributed by atoms with van der Waals surface area (Å²) in [6, 6.07) is 15.9. The van der Waals surface area contributed by atoms with E-state index >= 15 is 0 Å². The number of rotatable bonds is 4. The van der Waals surface area contributed by atoms with E-state index in [9.17, 15) is 0 Å². The van der Waals surface area contributed by atoms with E-state index in [0.29, 0.717) is 11.5 Å². The van der Waals surface area contributed by atoms with E-state index in [1.54, 1.807) is 25.6 Å². The van der Waals surface area contributed by atoms with Crippen molar-refractivity contribution in [2.45, 2.75) is 0 Å². The first-order valence-corrected chi connectivity index (χ1v) is 8.24. The summed E-state index contributed by atoms with van der Waals surface area (Å²) in [4.78, 5) is 5.53. The number of fused-ring (bicyclic) bond motifs is 1. The van der Waals surface area contributed by atoms with Crippen LogP contribution in [0.15, 0.2) is 54.7 Å². The van der Waals surface area contributed by atoms with Crippen LogP contribution in [-0.4, -0.2) is 28.8 Å². The standard InChI is InChI=1S/C18H15N3O2S/c1-22-15-9-8-13(10-16(15)23-2)17-20-21-11-14(19-18(21)24-17)12-6-4-3-5-7-12/h3-11H,1-2H3. The van der Waals surface area contributed by atoms with Crippen molar-refractivity contribution in [3.8, 4) is 33.3 Å². The number of hydrogen-bond acceptors (Lipinski definition) is 5. The summed E-state index contributed by atoms with van der Waals surface area (Å²) in [5, 5.41) is 5.52. The molecule has 0 N–H and O–H groups in total. The van der Waals surface area contributed by atoms with E-state index in [2.05, 4.69) is 10.1 Å². The van der Waals surface area contributed by atoms with Crippen LogP contribution in [0.4, 0.5) is 0 Å². The van der Waals surface area contributed by atoms with Crippen LogP contribution in [0.5, 0.6) is 11.5 Å². The molecule has 0 atom stereocenters. The molecule has 0 saturated heterocycles. The second kappa shape index (κ2) is 5.98. The van der Waals surface area contributed by atoms with Crippen LogP contribution in [0.25, 0.3) is 26.8 Å². The fourth-order valence-electron chi connectivity index (χ4n) is 2.53. The third-order valence-corrected chi connectivity index (χ3v) is 4.71. The molecule has 6 heteroatoms. The molecule has 0 aliphatic rings. The molecular weight excluding hydrogens is 322 g/mol. The minimum absolute atomic E-state index is 0.688. The van der Waals surface area contributed by atoms with Crippen molar-refractivity contribution in [1.82, 2.24) is 14.6 Å². The van der Waals surface area contributed by atoms with Gasteiger partial charge in [0.15, 0.2) is 11.5 Å². The zero-order valence-corrected chi connectivity index (χ0v) is 14.1. The number of aromatic nitrogens is 3. The first-order chi connectivity index (χ1) is 11.8. The molecule has 0 fully saturated rings. The highest BCUT2D eigenvalue weighted by atomic mass is 32.1. The van der Waals surface area contributed by atoms with Gasteiger partial charge in [-0.15, -0.1) is 0 Å². The SMILES string of the molecule is COc1ccc(-c2nn3cc(-c4ccccc4)nc3s2)cc1OC. The maximum absolute atomic E-state index is 5.36. The summed E-state index contributed by atoms with van der Waals surface area (Å²) < 4.78 is 12.5. The maximum Gasteiger partial charge on any atom is 0.213 e. The quantitative estimate of drug-likeness (QED) is 0.561. The minimum Gasteiger partial charge on any atom is -0.493 e. The molecule has 0 spiro atoms. The van der Waals surface area contributed by atoms with Crippen LogP contribution in [-0.2, 0) is 0 Å². The third-order valence-electron chi connectivity index (χ3n) is 3.74. The van der Waals surface area contributed by atoms with E-state index < -0.39 is 0 Å². The van der Waals surface area contributed by atoms with Crippen LogP contribution in [0.1, 0.15) is 0 Å². The van der Waals surface area contributed by atoms with E-state index in [0.717, 1.165) is 26.8 Å². The van der Waals surface area contributed by atoms with Gasteiger partial charge in [0.05, 0.1) is 26.1 Å². The Balaban J connectivity index is 1.73. The molecule has 4 rings (SSSR count). The number of hydrogen-bond donors (Lipinski definition) is 0. The highest BCUT2D eigenvalue weighted by Gasteiger charge is 2.13. The van der Waals surface area contributed by atoms with Gasteiger partial charge in [0.25, 0.3) is 0 Å². The van der Waals surface area contributed by atoms with Crippen molar-refractivity contribution in [2.24, 2.45) is 0 Å². The van der Waals surface area contributed by atoms with E-state index in [-0.39, 0.29) is 0 Å². The lowest BCUT2D eigenvalue weighted by molar-refractivity contribution is 0.355. The molecule has 24 heavy (non-hydrogen) atoms. The number of methoxy groups -OCH3 is 2. The van der Waals surface area contributed by atoms with Crippen molar-refractivity contribution >= 4 is 16.3 Å². The molecule has 0 bridgehead atoms. The molecular formula is C18H15N3O2S. The molecule has 0 radical (unpaired) electrons. The Bertz CT molecular complexity index is 961. The molecule has 4 aromatic rings. The fourth-order valence-corrected chi connectivity index (χ4v) is 3.41. The number of ether oxygens (including phenoxy) is 2. The first-order valence-electron chi connectivity index (χ1n) is 7.42. The van der Waals surface area contributed by atoms with Gasteiger partial charge in [0.1, 0.15) is 5.01 Å². The second-order valence-electron chi connectivity index (χ2n) is 5.20. The monoisotopic (exact) mass is 337 g/mol. The van der Waals surface area contributed by atoms with Gasteiger partial charge in [0.2, 0.25) is 4.96 Å². The van der Waals surface area contributed by atoms with Crippen LogP contribution >= 0.6 is 11.3 Å². The van der Waals surface area contributed by atoms with Crippen molar-refractivity contribution < 1.29 is 9.47 Å². The maximum atomic E-state index is 5.36. The van der Waals surface area contributed by atoms with Gasteiger partial charge in [-0.25, -0.2) is 9.50 Å². The summed E-state index contributed by atoms with van der Waals surface area (Å²) in [6.07, 6.45) is 1.95. The highest BCUT2D eigenvalue weighted by Crippen LogP contribution is 2.34. The molecule has 0 amide bonds. The van der Waals surface area contributed by atoms with Crippen molar-refractivity contribution in [1.29, 1.82) is 0 Å². The van der Waals surface area contributed by atoms with Crippen molar-refractivity contribution in [3.05, 3.63) is 54.7 Å². The Morgan fingerprint density at radius 3 is 2.42 bits per heavy atom. The number of benzene rings is 2. The van der Waals surface area contributed by atoms with Gasteiger partial charge in [0, 0.05) is 11.1 Å². The van der Waals surface area contributed by atoms with Crippen LogP contribution < -0.4 is 9.47 Å². The molecule has 5 nitrogen and oxygen atoms in total. The van der Waals surface area contributed by atoms with Crippen LogP contribution in [0, 0.1) is 0 Å². The van der Waals surface area contributed by atoms with Gasteiger partial charge in [-0.2, -0.15) is 5.10 Å². The smallest absolute Gasteiger partial charge is 0.213 e. The first kappa shape index (κ1) is 14.7. The Morgan fingerprint density at radius 1 is 0.917 bits per heavy atom. The van der Waals surface area contributed by atoms with Crippen LogP contribution in [0.2, 0.25) is 0 Å². The lowest BCUT2D eigenvalue weighted by atomic mass is 10.2. The van der Waals surface area contributed by atoms with Crippen molar-refractivity contribution in [2.75, 3.05) is 14.2 Å². The Kier molecular flexibility index (Phi) is 3.66. The van der Waals surface area contributed by atoms with E-state index in [4.69, 9.17) is 9.47 Å². The third kappa shape index (κ3) is 2.51. The predicted octanol–water partition coefficient (Wildman–Crippen LogP) is 4.14. The molecule has 120 valence electrons. The summed E-state index contributed by atoms with van der Waals surface area (Å²) in [5.41, 5.74) is 2.99. The van der Waals surface area contributed by atoms with E-state index in [1.807, 2.05) is 59.2 Å². The second-order valence-corrected chi connectivity index (χ2v) is 6.15. The Hall–Kier alpha value is -2.86. The molecule has 2 aromatic carbocycles. The minimum atomic E-state index is 0.688. The zero-order valence-electron chi connectivity index (χ0n) is 13.3. The Labute approximate surface area is 143 Å². The topological polar surface area (TPSA) is 48.7 Å². The van der Waals surface area contributed by atoms with E-state index in [1.165, 1.54) is 0 Å². The molecule has 0 saturated carbocycles. The lowest BCUT2D eigenvalue weighted by Crippen LogP contribution is -1.91.